The molecule has 0 aromatic heterocycles. The predicted molar refractivity (Wildman–Crippen MR) is 77.7 cm³/mol. The van der Waals surface area contributed by atoms with Crippen molar-refractivity contribution < 1.29 is 9.90 Å². The van der Waals surface area contributed by atoms with Gasteiger partial charge in [0.1, 0.15) is 12.6 Å². The van der Waals surface area contributed by atoms with Gasteiger partial charge in [-0.25, -0.2) is 0 Å². The first kappa shape index (κ1) is 15.4. The van der Waals surface area contributed by atoms with Gasteiger partial charge in [-0.3, -0.25) is 4.79 Å². The molecule has 1 rings (SSSR count). The average Bonchev–Trinajstić information content (AvgIpc) is 2.35. The number of nitrogens with zero attached hydrogens (tertiary/aromatic N) is 2. The van der Waals surface area contributed by atoms with Crippen molar-refractivity contribution in [2.75, 3.05) is 17.2 Å². The predicted octanol–water partition coefficient (Wildman–Crippen LogP) is 2.97. The van der Waals surface area contributed by atoms with Crippen LogP contribution in [-0.2, 0) is 4.79 Å². The first-order chi connectivity index (χ1) is 9.01. The summed E-state index contributed by atoms with van der Waals surface area (Å²) in [5, 5.41) is 18.4. The quantitative estimate of drug-likeness (QED) is 0.810. The van der Waals surface area contributed by atoms with Gasteiger partial charge in [-0.1, -0.05) is 13.0 Å². The minimum atomic E-state index is -0.897. The number of hydrogen-bond acceptors (Lipinski definition) is 4. The number of rotatable bonds is 6. The molecule has 0 aliphatic carbocycles. The van der Waals surface area contributed by atoms with Crippen LogP contribution in [0.25, 0.3) is 0 Å². The van der Waals surface area contributed by atoms with Crippen LogP contribution in [0.5, 0.6) is 0 Å². The van der Waals surface area contributed by atoms with Crippen LogP contribution in [0.2, 0.25) is 0 Å². The normalized spacial score (nSPS) is 10.3. The van der Waals surface area contributed by atoms with Gasteiger partial charge >= 0.3 is 5.97 Å². The monoisotopic (exact) mass is 278 g/mol. The molecule has 0 atom stereocenters. The van der Waals surface area contributed by atoms with E-state index in [1.165, 1.54) is 0 Å². The van der Waals surface area contributed by atoms with Crippen LogP contribution in [0, 0.1) is 11.3 Å². The number of carbonyl (C=O) groups is 1. The van der Waals surface area contributed by atoms with Gasteiger partial charge in [0, 0.05) is 10.9 Å². The fourth-order valence-corrected chi connectivity index (χ4v) is 2.62. The molecule has 0 radical (unpaired) electrons. The van der Waals surface area contributed by atoms with Gasteiger partial charge in [-0.05, 0) is 31.7 Å². The van der Waals surface area contributed by atoms with E-state index in [1.54, 1.807) is 22.7 Å². The molecule has 4 nitrogen and oxygen atoms in total. The second-order valence-electron chi connectivity index (χ2n) is 4.31. The first-order valence-electron chi connectivity index (χ1n) is 6.15. The van der Waals surface area contributed by atoms with Gasteiger partial charge in [-0.2, -0.15) is 5.26 Å². The maximum atomic E-state index is 11.0. The Bertz CT molecular complexity index is 495. The molecule has 0 aliphatic rings. The molecular weight excluding hydrogens is 260 g/mol. The molecule has 0 saturated carbocycles. The van der Waals surface area contributed by atoms with E-state index in [2.05, 4.69) is 6.07 Å². The Balaban J connectivity index is 3.26. The zero-order valence-corrected chi connectivity index (χ0v) is 12.2. The lowest BCUT2D eigenvalue weighted by Gasteiger charge is -2.28. The van der Waals surface area contributed by atoms with Crippen LogP contribution in [0.15, 0.2) is 23.1 Å². The molecular formula is C14H18N2O2S. The Morgan fingerprint density at radius 3 is 2.68 bits per heavy atom. The number of anilines is 1. The molecule has 0 bridgehead atoms. The maximum absolute atomic E-state index is 11.0. The Morgan fingerprint density at radius 2 is 2.21 bits per heavy atom. The number of nitriles is 1. The van der Waals surface area contributed by atoms with Crippen molar-refractivity contribution in [3.63, 3.8) is 0 Å². The summed E-state index contributed by atoms with van der Waals surface area (Å²) in [5.74, 6) is -0.0233. The Labute approximate surface area is 118 Å². The van der Waals surface area contributed by atoms with Crippen molar-refractivity contribution in [3.05, 3.63) is 23.8 Å². The third-order valence-electron chi connectivity index (χ3n) is 2.65. The van der Waals surface area contributed by atoms with E-state index in [0.717, 1.165) is 10.6 Å². The second-order valence-corrected chi connectivity index (χ2v) is 5.62. The van der Waals surface area contributed by atoms with Gasteiger partial charge < -0.3 is 10.0 Å². The number of hydrogen-bond donors (Lipinski definition) is 1. The second kappa shape index (κ2) is 7.05. The summed E-state index contributed by atoms with van der Waals surface area (Å²) >= 11 is 1.59. The molecule has 102 valence electrons. The molecule has 0 spiro atoms. The van der Waals surface area contributed by atoms with Crippen molar-refractivity contribution in [2.45, 2.75) is 31.7 Å². The molecule has 19 heavy (non-hydrogen) atoms. The summed E-state index contributed by atoms with van der Waals surface area (Å²) in [6.45, 7) is 5.76. The summed E-state index contributed by atoms with van der Waals surface area (Å²) in [5.41, 5.74) is 1.25. The van der Waals surface area contributed by atoms with Crippen molar-refractivity contribution >= 4 is 23.4 Å². The molecule has 0 saturated heterocycles. The molecule has 1 aromatic carbocycles. The summed E-state index contributed by atoms with van der Waals surface area (Å²) in [7, 11) is 0. The highest BCUT2D eigenvalue weighted by atomic mass is 32.2. The van der Waals surface area contributed by atoms with Crippen LogP contribution in [0.1, 0.15) is 26.3 Å². The Kier molecular flexibility index (Phi) is 5.71. The molecule has 0 fully saturated rings. The first-order valence-corrected chi connectivity index (χ1v) is 7.14. The maximum Gasteiger partial charge on any atom is 0.323 e. The summed E-state index contributed by atoms with van der Waals surface area (Å²) < 4.78 is 0. The zero-order chi connectivity index (χ0) is 14.4. The molecule has 1 aromatic rings. The smallest absolute Gasteiger partial charge is 0.323 e. The van der Waals surface area contributed by atoms with Crippen LogP contribution in [0.4, 0.5) is 5.69 Å². The Morgan fingerprint density at radius 1 is 1.53 bits per heavy atom. The van der Waals surface area contributed by atoms with E-state index >= 15 is 0 Å². The van der Waals surface area contributed by atoms with Gasteiger partial charge in [0.05, 0.1) is 11.3 Å². The number of carboxylic acids is 1. The van der Waals surface area contributed by atoms with E-state index < -0.39 is 5.97 Å². The number of thioether (sulfide) groups is 1. The van der Waals surface area contributed by atoms with Crippen molar-refractivity contribution in [3.8, 4) is 6.07 Å². The third kappa shape index (κ3) is 3.90. The summed E-state index contributed by atoms with van der Waals surface area (Å²) in [4.78, 5) is 13.6. The molecule has 0 heterocycles. The van der Waals surface area contributed by atoms with Gasteiger partial charge in [0.15, 0.2) is 0 Å². The minimum Gasteiger partial charge on any atom is -0.480 e. The van der Waals surface area contributed by atoms with Crippen LogP contribution >= 0.6 is 11.8 Å². The fourth-order valence-electron chi connectivity index (χ4n) is 1.84. The van der Waals surface area contributed by atoms with E-state index in [-0.39, 0.29) is 12.6 Å². The van der Waals surface area contributed by atoms with Crippen molar-refractivity contribution in [2.24, 2.45) is 0 Å². The fraction of sp³-hybridized carbons (Fsp3) is 0.429. The van der Waals surface area contributed by atoms with Crippen LogP contribution in [0.3, 0.4) is 0 Å². The topological polar surface area (TPSA) is 64.3 Å². The van der Waals surface area contributed by atoms with Gasteiger partial charge in [0.25, 0.3) is 0 Å². The SMILES string of the molecule is CCSc1cccc(N(CC(=O)O)C(C)C)c1C#N. The highest BCUT2D eigenvalue weighted by Crippen LogP contribution is 2.31. The van der Waals surface area contributed by atoms with Crippen LogP contribution < -0.4 is 4.90 Å². The average molecular weight is 278 g/mol. The lowest BCUT2D eigenvalue weighted by Crippen LogP contribution is -2.36. The van der Waals surface area contributed by atoms with E-state index in [9.17, 15) is 10.1 Å². The van der Waals surface area contributed by atoms with E-state index in [4.69, 9.17) is 5.11 Å². The summed E-state index contributed by atoms with van der Waals surface area (Å²) in [6, 6.07) is 7.79. The zero-order valence-electron chi connectivity index (χ0n) is 11.4. The molecule has 0 aliphatic heterocycles. The molecule has 0 amide bonds. The Hall–Kier alpha value is -1.67. The lowest BCUT2D eigenvalue weighted by molar-refractivity contribution is -0.135. The lowest BCUT2D eigenvalue weighted by atomic mass is 10.1. The van der Waals surface area contributed by atoms with Crippen molar-refractivity contribution in [1.29, 1.82) is 5.26 Å². The van der Waals surface area contributed by atoms with Gasteiger partial charge in [0.2, 0.25) is 0 Å². The minimum absolute atomic E-state index is 0.0186. The van der Waals surface area contributed by atoms with Crippen LogP contribution in [-0.4, -0.2) is 29.4 Å². The summed E-state index contributed by atoms with van der Waals surface area (Å²) in [6.07, 6.45) is 0. The number of benzene rings is 1. The van der Waals surface area contributed by atoms with E-state index in [0.29, 0.717) is 11.3 Å². The number of aliphatic carboxylic acids is 1. The van der Waals surface area contributed by atoms with Crippen molar-refractivity contribution in [1.82, 2.24) is 0 Å². The molecule has 5 heteroatoms. The largest absolute Gasteiger partial charge is 0.480 e. The standard InChI is InChI=1S/C14H18N2O2S/c1-4-19-13-7-5-6-12(11(13)8-15)16(10(2)3)9-14(17)18/h5-7,10H,4,9H2,1-3H3,(H,17,18). The highest BCUT2D eigenvalue weighted by molar-refractivity contribution is 7.99. The van der Waals surface area contributed by atoms with E-state index in [1.807, 2.05) is 32.9 Å². The highest BCUT2D eigenvalue weighted by Gasteiger charge is 2.19. The molecule has 1 N–H and O–H groups in total. The van der Waals surface area contributed by atoms with Gasteiger partial charge in [-0.15, -0.1) is 11.8 Å². The molecule has 0 unspecified atom stereocenters. The third-order valence-corrected chi connectivity index (χ3v) is 3.59. The number of carboxylic acid groups (broad SMARTS) is 1.